The van der Waals surface area contributed by atoms with Crippen LogP contribution in [0.1, 0.15) is 24.0 Å². The van der Waals surface area contributed by atoms with Gasteiger partial charge in [0.25, 0.3) is 0 Å². The third kappa shape index (κ3) is 3.78. The van der Waals surface area contributed by atoms with Crippen LogP contribution in [0.25, 0.3) is 0 Å². The van der Waals surface area contributed by atoms with Gasteiger partial charge in [-0.1, -0.05) is 24.3 Å². The minimum absolute atomic E-state index is 0.571. The number of hydrogen-bond donors (Lipinski definition) is 0. The predicted octanol–water partition coefficient (Wildman–Crippen LogP) is 4.21. The van der Waals surface area contributed by atoms with Crippen molar-refractivity contribution in [2.75, 3.05) is 0 Å². The maximum Gasteiger partial charge on any atom is 0.416 e. The molecule has 1 rings (SSSR count). The van der Waals surface area contributed by atoms with E-state index in [1.807, 2.05) is 0 Å². The Morgan fingerprint density at radius 1 is 1.27 bits per heavy atom. The number of unbranched alkanes of at least 4 members (excludes halogenated alkanes) is 1. The average molecular weight is 214 g/mol. The van der Waals surface area contributed by atoms with Crippen LogP contribution in [0.15, 0.2) is 36.9 Å². The summed E-state index contributed by atoms with van der Waals surface area (Å²) in [5.41, 5.74) is 0.158. The van der Waals surface area contributed by atoms with Crippen molar-refractivity contribution >= 4 is 0 Å². The van der Waals surface area contributed by atoms with Crippen LogP contribution in [0, 0.1) is 0 Å². The number of aryl methyl sites for hydroxylation is 1. The second-order valence-corrected chi connectivity index (χ2v) is 3.38. The van der Waals surface area contributed by atoms with Gasteiger partial charge in [0, 0.05) is 0 Å². The first kappa shape index (κ1) is 11.8. The van der Waals surface area contributed by atoms with Gasteiger partial charge in [-0.2, -0.15) is 13.2 Å². The minimum Gasteiger partial charge on any atom is -0.166 e. The molecule has 0 saturated carbocycles. The molecule has 0 amide bonds. The third-order valence-corrected chi connectivity index (χ3v) is 2.13. The summed E-state index contributed by atoms with van der Waals surface area (Å²) in [6.45, 7) is 3.57. The first-order chi connectivity index (χ1) is 7.04. The minimum atomic E-state index is -4.24. The fourth-order valence-electron chi connectivity index (χ4n) is 1.35. The van der Waals surface area contributed by atoms with Crippen molar-refractivity contribution in [1.82, 2.24) is 0 Å². The van der Waals surface area contributed by atoms with Gasteiger partial charge in [-0.3, -0.25) is 0 Å². The average Bonchev–Trinajstić information content (AvgIpc) is 2.17. The molecular formula is C12H13F3. The Morgan fingerprint density at radius 3 is 2.60 bits per heavy atom. The summed E-state index contributed by atoms with van der Waals surface area (Å²) in [5.74, 6) is 0. The normalized spacial score (nSPS) is 11.4. The number of allylic oxidation sites excluding steroid dienone is 1. The van der Waals surface area contributed by atoms with E-state index in [0.717, 1.165) is 24.5 Å². The fraction of sp³-hybridized carbons (Fsp3) is 0.333. The number of rotatable bonds is 4. The van der Waals surface area contributed by atoms with Gasteiger partial charge >= 0.3 is 6.18 Å². The summed E-state index contributed by atoms with van der Waals surface area (Å²) < 4.78 is 37.0. The lowest BCUT2D eigenvalue weighted by atomic mass is 10.1. The van der Waals surface area contributed by atoms with E-state index in [2.05, 4.69) is 6.58 Å². The van der Waals surface area contributed by atoms with Gasteiger partial charge in [-0.15, -0.1) is 6.58 Å². The second kappa shape index (κ2) is 5.01. The maximum absolute atomic E-state index is 12.3. The van der Waals surface area contributed by atoms with Crippen molar-refractivity contribution in [2.24, 2.45) is 0 Å². The third-order valence-electron chi connectivity index (χ3n) is 2.13. The summed E-state index contributed by atoms with van der Waals surface area (Å²) in [6, 6.07) is 5.48. The second-order valence-electron chi connectivity index (χ2n) is 3.38. The Labute approximate surface area is 87.4 Å². The van der Waals surface area contributed by atoms with Crippen LogP contribution < -0.4 is 0 Å². The van der Waals surface area contributed by atoms with E-state index in [9.17, 15) is 13.2 Å². The fourth-order valence-corrected chi connectivity index (χ4v) is 1.35. The van der Waals surface area contributed by atoms with Crippen LogP contribution in [0.3, 0.4) is 0 Å². The van der Waals surface area contributed by atoms with Crippen LogP contribution >= 0.6 is 0 Å². The molecule has 0 radical (unpaired) electrons. The zero-order valence-electron chi connectivity index (χ0n) is 8.35. The first-order valence-electron chi connectivity index (χ1n) is 4.81. The summed E-state index contributed by atoms with van der Waals surface area (Å²) in [6.07, 6.45) is -0.140. The standard InChI is InChI=1S/C12H13F3/c1-2-3-4-6-10-7-5-8-11(9-10)12(13,14)15/h2,5,7-9H,1,3-4,6H2. The molecule has 0 aliphatic carbocycles. The Hall–Kier alpha value is -1.25. The van der Waals surface area contributed by atoms with Crippen molar-refractivity contribution in [3.63, 3.8) is 0 Å². The molecule has 0 atom stereocenters. The van der Waals surface area contributed by atoms with Crippen LogP contribution in [0.2, 0.25) is 0 Å². The molecule has 3 heteroatoms. The number of alkyl halides is 3. The molecule has 0 saturated heterocycles. The van der Waals surface area contributed by atoms with Crippen molar-refractivity contribution in [2.45, 2.75) is 25.4 Å². The van der Waals surface area contributed by atoms with Gasteiger partial charge in [0.2, 0.25) is 0 Å². The van der Waals surface area contributed by atoms with Crippen molar-refractivity contribution in [3.8, 4) is 0 Å². The molecule has 0 N–H and O–H groups in total. The molecule has 0 aromatic heterocycles. The molecule has 82 valence electrons. The Kier molecular flexibility index (Phi) is 3.95. The van der Waals surface area contributed by atoms with E-state index in [1.165, 1.54) is 12.1 Å². The van der Waals surface area contributed by atoms with Crippen LogP contribution in [-0.4, -0.2) is 0 Å². The topological polar surface area (TPSA) is 0 Å². The molecule has 0 spiro atoms. The zero-order chi connectivity index (χ0) is 11.3. The lowest BCUT2D eigenvalue weighted by Gasteiger charge is -2.08. The number of benzene rings is 1. The maximum atomic E-state index is 12.3. The van der Waals surface area contributed by atoms with Crippen molar-refractivity contribution < 1.29 is 13.2 Å². The summed E-state index contributed by atoms with van der Waals surface area (Å²) in [4.78, 5) is 0. The van der Waals surface area contributed by atoms with E-state index in [0.29, 0.717) is 6.42 Å². The molecule has 0 fully saturated rings. The van der Waals surface area contributed by atoms with Crippen LogP contribution in [0.5, 0.6) is 0 Å². The molecule has 1 aromatic carbocycles. The summed E-state index contributed by atoms with van der Waals surface area (Å²) in [7, 11) is 0. The largest absolute Gasteiger partial charge is 0.416 e. The van der Waals surface area contributed by atoms with Gasteiger partial charge in [0.15, 0.2) is 0 Å². The van der Waals surface area contributed by atoms with Gasteiger partial charge in [-0.25, -0.2) is 0 Å². The van der Waals surface area contributed by atoms with Crippen molar-refractivity contribution in [1.29, 1.82) is 0 Å². The van der Waals surface area contributed by atoms with Gasteiger partial charge in [0.05, 0.1) is 5.56 Å². The molecule has 0 nitrogen and oxygen atoms in total. The quantitative estimate of drug-likeness (QED) is 0.520. The Balaban J connectivity index is 2.70. The lowest BCUT2D eigenvalue weighted by Crippen LogP contribution is -2.05. The van der Waals surface area contributed by atoms with Gasteiger partial charge in [-0.05, 0) is 30.9 Å². The van der Waals surface area contributed by atoms with Gasteiger partial charge in [0.1, 0.15) is 0 Å². The summed E-state index contributed by atoms with van der Waals surface area (Å²) in [5, 5.41) is 0. The highest BCUT2D eigenvalue weighted by Crippen LogP contribution is 2.29. The van der Waals surface area contributed by atoms with E-state index in [1.54, 1.807) is 12.1 Å². The molecular weight excluding hydrogens is 201 g/mol. The van der Waals surface area contributed by atoms with Crippen molar-refractivity contribution in [3.05, 3.63) is 48.0 Å². The van der Waals surface area contributed by atoms with E-state index >= 15 is 0 Å². The molecule has 0 unspecified atom stereocenters. The smallest absolute Gasteiger partial charge is 0.166 e. The Morgan fingerprint density at radius 2 is 2.00 bits per heavy atom. The highest BCUT2D eigenvalue weighted by Gasteiger charge is 2.30. The predicted molar refractivity (Wildman–Crippen MR) is 54.6 cm³/mol. The molecule has 0 aliphatic heterocycles. The molecule has 0 bridgehead atoms. The molecule has 0 aliphatic rings. The zero-order valence-corrected chi connectivity index (χ0v) is 8.35. The first-order valence-corrected chi connectivity index (χ1v) is 4.81. The highest BCUT2D eigenvalue weighted by molar-refractivity contribution is 5.25. The summed E-state index contributed by atoms with van der Waals surface area (Å²) >= 11 is 0. The van der Waals surface area contributed by atoms with Crippen LogP contribution in [-0.2, 0) is 12.6 Å². The van der Waals surface area contributed by atoms with Gasteiger partial charge < -0.3 is 0 Å². The van der Waals surface area contributed by atoms with E-state index in [4.69, 9.17) is 0 Å². The highest BCUT2D eigenvalue weighted by atomic mass is 19.4. The molecule has 15 heavy (non-hydrogen) atoms. The molecule has 0 heterocycles. The number of halogens is 3. The SMILES string of the molecule is C=CCCCc1cccc(C(F)(F)F)c1. The van der Waals surface area contributed by atoms with E-state index in [-0.39, 0.29) is 0 Å². The molecule has 1 aromatic rings. The number of hydrogen-bond acceptors (Lipinski definition) is 0. The van der Waals surface area contributed by atoms with Crippen LogP contribution in [0.4, 0.5) is 13.2 Å². The monoisotopic (exact) mass is 214 g/mol. The lowest BCUT2D eigenvalue weighted by molar-refractivity contribution is -0.137. The Bertz CT molecular complexity index is 326. The van der Waals surface area contributed by atoms with E-state index < -0.39 is 11.7 Å².